The molecule has 0 fully saturated rings. The highest BCUT2D eigenvalue weighted by atomic mass is 35.5. The Labute approximate surface area is 208 Å². The number of thiazole rings is 1. The molecule has 180 valence electrons. The molecule has 0 saturated heterocycles. The number of anilines is 2. The van der Waals surface area contributed by atoms with Crippen LogP contribution in [-0.2, 0) is 22.6 Å². The minimum Gasteiger partial charge on any atom is -0.468 e. The molecule has 0 aliphatic carbocycles. The molecule has 0 spiro atoms. The largest absolute Gasteiger partial charge is 0.468 e. The number of nitrogens with zero attached hydrogens (tertiary/aromatic N) is 4. The Kier molecular flexibility index (Phi) is 7.28. The third-order valence-corrected chi connectivity index (χ3v) is 5.88. The first-order valence-electron chi connectivity index (χ1n) is 10.3. The molecule has 4 aromatic rings. The number of esters is 1. The molecule has 4 rings (SSSR count). The van der Waals surface area contributed by atoms with Crippen molar-refractivity contribution in [2.45, 2.75) is 20.0 Å². The van der Waals surface area contributed by atoms with Gasteiger partial charge in [-0.3, -0.25) is 9.36 Å². The lowest BCUT2D eigenvalue weighted by molar-refractivity contribution is -0.141. The third-order valence-electron chi connectivity index (χ3n) is 4.83. The van der Waals surface area contributed by atoms with Gasteiger partial charge in [0, 0.05) is 21.8 Å². The lowest BCUT2D eigenvalue weighted by Gasteiger charge is -2.15. The first-order chi connectivity index (χ1) is 16.8. The average molecular weight is 514 g/mol. The Morgan fingerprint density at radius 3 is 2.43 bits per heavy atom. The van der Waals surface area contributed by atoms with Crippen LogP contribution in [0, 0.1) is 6.92 Å². The van der Waals surface area contributed by atoms with Crippen molar-refractivity contribution in [3.8, 4) is 10.9 Å². The lowest BCUT2D eigenvalue weighted by atomic mass is 10.2. The number of nitrogens with one attached hydrogen (secondary N) is 1. The summed E-state index contributed by atoms with van der Waals surface area (Å²) in [5.41, 5.74) is -0.289. The van der Waals surface area contributed by atoms with E-state index in [1.54, 1.807) is 54.7 Å². The Bertz CT molecular complexity index is 1460. The summed E-state index contributed by atoms with van der Waals surface area (Å²) in [6.07, 6.45) is 1.73. The summed E-state index contributed by atoms with van der Waals surface area (Å²) in [5, 5.41) is 4.07. The first-order valence-corrected chi connectivity index (χ1v) is 11.5. The van der Waals surface area contributed by atoms with Gasteiger partial charge in [-0.05, 0) is 48.9 Å². The maximum absolute atomic E-state index is 13.2. The molecule has 2 heterocycles. The van der Waals surface area contributed by atoms with E-state index in [0.29, 0.717) is 21.7 Å². The van der Waals surface area contributed by atoms with Gasteiger partial charge >= 0.3 is 17.3 Å². The predicted molar refractivity (Wildman–Crippen MR) is 132 cm³/mol. The van der Waals surface area contributed by atoms with Crippen LogP contribution in [0.2, 0.25) is 5.02 Å². The number of carbonyl (C=O) groups excluding carboxylic acids is 1. The van der Waals surface area contributed by atoms with E-state index >= 15 is 0 Å². The van der Waals surface area contributed by atoms with E-state index in [1.165, 1.54) is 23.0 Å². The highest BCUT2D eigenvalue weighted by Crippen LogP contribution is 2.27. The first kappa shape index (κ1) is 24.2. The predicted octanol–water partition coefficient (Wildman–Crippen LogP) is 3.58. The van der Waals surface area contributed by atoms with Crippen molar-refractivity contribution in [1.29, 1.82) is 0 Å². The van der Waals surface area contributed by atoms with Gasteiger partial charge in [-0.1, -0.05) is 35.1 Å². The molecule has 0 aliphatic heterocycles. The number of benzene rings is 2. The Balaban J connectivity index is 1.65. The summed E-state index contributed by atoms with van der Waals surface area (Å²) in [7, 11) is 1.17. The zero-order valence-electron chi connectivity index (χ0n) is 18.7. The summed E-state index contributed by atoms with van der Waals surface area (Å²) in [6.45, 7) is 1.47. The number of ether oxygens (including phenoxy) is 2. The summed E-state index contributed by atoms with van der Waals surface area (Å²) in [6, 6.07) is 13.8. The standard InChI is InChI=1S/C23H20ClN5O5S/c1-14-11-25-22(35-14)34-18-9-7-17(8-10-18)26-20-27-21(31)29(13-19(30)33-2)23(32)28(20)12-15-3-5-16(24)6-4-15/h3-11H,12-13H2,1-2H3,(H,26,27,31). The number of hydrogen-bond donors (Lipinski definition) is 1. The Morgan fingerprint density at radius 2 is 1.80 bits per heavy atom. The number of carbonyl (C=O) groups is 1. The van der Waals surface area contributed by atoms with Gasteiger partial charge < -0.3 is 14.8 Å². The normalized spacial score (nSPS) is 10.7. The zero-order chi connectivity index (χ0) is 24.9. The molecule has 0 atom stereocenters. The van der Waals surface area contributed by atoms with Crippen molar-refractivity contribution >= 4 is 40.5 Å². The molecule has 2 aromatic carbocycles. The van der Waals surface area contributed by atoms with Gasteiger partial charge in [0.2, 0.25) is 5.95 Å². The number of hydrogen-bond acceptors (Lipinski definition) is 9. The maximum atomic E-state index is 13.2. The van der Waals surface area contributed by atoms with E-state index < -0.39 is 23.9 Å². The van der Waals surface area contributed by atoms with Crippen LogP contribution in [-0.4, -0.2) is 32.2 Å². The van der Waals surface area contributed by atoms with E-state index in [2.05, 4.69) is 20.0 Å². The summed E-state index contributed by atoms with van der Waals surface area (Å²) in [4.78, 5) is 46.7. The van der Waals surface area contributed by atoms with Gasteiger partial charge in [0.05, 0.1) is 13.7 Å². The van der Waals surface area contributed by atoms with Crippen molar-refractivity contribution in [2.24, 2.45) is 0 Å². The topological polar surface area (TPSA) is 117 Å². The molecule has 0 amide bonds. The van der Waals surface area contributed by atoms with Gasteiger partial charge in [-0.2, -0.15) is 4.98 Å². The molecule has 0 saturated carbocycles. The molecule has 0 unspecified atom stereocenters. The van der Waals surface area contributed by atoms with E-state index in [-0.39, 0.29) is 12.5 Å². The van der Waals surface area contributed by atoms with Crippen LogP contribution in [0.5, 0.6) is 10.9 Å². The number of aromatic nitrogens is 4. The van der Waals surface area contributed by atoms with Gasteiger partial charge in [-0.15, -0.1) is 0 Å². The number of rotatable bonds is 8. The molecule has 0 bridgehead atoms. The molecule has 2 aromatic heterocycles. The van der Waals surface area contributed by atoms with Crippen LogP contribution in [0.1, 0.15) is 10.4 Å². The van der Waals surface area contributed by atoms with Crippen molar-refractivity contribution in [3.63, 3.8) is 0 Å². The zero-order valence-corrected chi connectivity index (χ0v) is 20.3. The summed E-state index contributed by atoms with van der Waals surface area (Å²) in [5.74, 6) is -0.152. The minimum atomic E-state index is -0.880. The highest BCUT2D eigenvalue weighted by Gasteiger charge is 2.17. The van der Waals surface area contributed by atoms with Gasteiger partial charge in [-0.25, -0.2) is 19.1 Å². The number of aryl methyl sites for hydroxylation is 1. The molecular weight excluding hydrogens is 494 g/mol. The molecule has 10 nitrogen and oxygen atoms in total. The number of methoxy groups -OCH3 is 1. The van der Waals surface area contributed by atoms with Crippen LogP contribution in [0.3, 0.4) is 0 Å². The molecular formula is C23H20ClN5O5S. The second-order valence-electron chi connectivity index (χ2n) is 7.36. The second kappa shape index (κ2) is 10.5. The van der Waals surface area contributed by atoms with Crippen molar-refractivity contribution in [1.82, 2.24) is 19.1 Å². The SMILES string of the molecule is COC(=O)Cn1c(=O)nc(Nc2ccc(Oc3ncc(C)s3)cc2)n(Cc2ccc(Cl)cc2)c1=O. The van der Waals surface area contributed by atoms with E-state index in [0.717, 1.165) is 15.0 Å². The average Bonchev–Trinajstić information content (AvgIpc) is 3.25. The molecule has 1 N–H and O–H groups in total. The van der Waals surface area contributed by atoms with Crippen LogP contribution < -0.4 is 21.4 Å². The van der Waals surface area contributed by atoms with E-state index in [9.17, 15) is 14.4 Å². The fourth-order valence-corrected chi connectivity index (χ4v) is 3.84. The minimum absolute atomic E-state index is 0.0142. The molecule has 12 heteroatoms. The Hall–Kier alpha value is -3.96. The summed E-state index contributed by atoms with van der Waals surface area (Å²) >= 11 is 7.39. The van der Waals surface area contributed by atoms with Crippen LogP contribution in [0.15, 0.2) is 64.3 Å². The monoisotopic (exact) mass is 513 g/mol. The van der Waals surface area contributed by atoms with E-state index in [1.807, 2.05) is 6.92 Å². The third kappa shape index (κ3) is 5.94. The van der Waals surface area contributed by atoms with Gasteiger partial charge in [0.15, 0.2) is 0 Å². The van der Waals surface area contributed by atoms with Crippen molar-refractivity contribution < 1.29 is 14.3 Å². The maximum Gasteiger partial charge on any atom is 0.355 e. The fraction of sp³-hybridized carbons (Fsp3) is 0.174. The van der Waals surface area contributed by atoms with Gasteiger partial charge in [0.1, 0.15) is 12.3 Å². The second-order valence-corrected chi connectivity index (χ2v) is 9.00. The molecule has 35 heavy (non-hydrogen) atoms. The van der Waals surface area contributed by atoms with Crippen LogP contribution in [0.25, 0.3) is 0 Å². The fourth-order valence-electron chi connectivity index (χ4n) is 3.09. The lowest BCUT2D eigenvalue weighted by Crippen LogP contribution is -2.44. The van der Waals surface area contributed by atoms with E-state index in [4.69, 9.17) is 16.3 Å². The summed E-state index contributed by atoms with van der Waals surface area (Å²) < 4.78 is 12.3. The van der Waals surface area contributed by atoms with Crippen LogP contribution >= 0.6 is 22.9 Å². The molecule has 0 radical (unpaired) electrons. The molecule has 0 aliphatic rings. The Morgan fingerprint density at radius 1 is 1.09 bits per heavy atom. The van der Waals surface area contributed by atoms with Crippen molar-refractivity contribution in [3.05, 3.63) is 91.2 Å². The quantitative estimate of drug-likeness (QED) is 0.355. The van der Waals surface area contributed by atoms with Crippen LogP contribution in [0.4, 0.5) is 11.6 Å². The number of halogens is 1. The highest BCUT2D eigenvalue weighted by molar-refractivity contribution is 7.13. The smallest absolute Gasteiger partial charge is 0.355 e. The van der Waals surface area contributed by atoms with Crippen molar-refractivity contribution in [2.75, 3.05) is 12.4 Å². The van der Waals surface area contributed by atoms with Gasteiger partial charge in [0.25, 0.3) is 5.19 Å².